The molecule has 0 aliphatic heterocycles. The minimum atomic E-state index is -4.56. The number of halogens is 5. The highest BCUT2D eigenvalue weighted by molar-refractivity contribution is 7.89. The Labute approximate surface area is 313 Å². The minimum Gasteiger partial charge on any atom is -0.481 e. The third kappa shape index (κ3) is 12.4. The van der Waals surface area contributed by atoms with Gasteiger partial charge < -0.3 is 29.2 Å². The van der Waals surface area contributed by atoms with Crippen LogP contribution in [0.3, 0.4) is 0 Å². The molecule has 3 aromatic carbocycles. The van der Waals surface area contributed by atoms with E-state index in [1.165, 1.54) is 56.7 Å². The molecule has 0 bridgehead atoms. The van der Waals surface area contributed by atoms with E-state index >= 15 is 0 Å². The lowest BCUT2D eigenvalue weighted by Gasteiger charge is -2.13. The van der Waals surface area contributed by atoms with Crippen molar-refractivity contribution in [3.63, 3.8) is 0 Å². The van der Waals surface area contributed by atoms with Crippen LogP contribution in [0.5, 0.6) is 23.3 Å². The van der Waals surface area contributed by atoms with Crippen molar-refractivity contribution < 1.29 is 69.9 Å². The molecule has 1 heterocycles. The van der Waals surface area contributed by atoms with E-state index in [1.54, 1.807) is 4.72 Å². The molecule has 54 heavy (non-hydrogen) atoms. The largest absolute Gasteiger partial charge is 0.481 e. The highest BCUT2D eigenvalue weighted by Crippen LogP contribution is 2.37. The van der Waals surface area contributed by atoms with Crippen molar-refractivity contribution in [2.75, 3.05) is 19.5 Å². The zero-order valence-electron chi connectivity index (χ0n) is 27.8. The molecule has 0 saturated heterocycles. The van der Waals surface area contributed by atoms with Gasteiger partial charge in [0.15, 0.2) is 6.10 Å². The zero-order valence-corrected chi connectivity index (χ0v) is 30.1. The number of ether oxygens (including phenoxy) is 4. The van der Waals surface area contributed by atoms with Crippen molar-refractivity contribution in [3.8, 4) is 23.3 Å². The number of amides is 2. The molecule has 0 aliphatic carbocycles. The number of aromatic nitrogens is 2. The van der Waals surface area contributed by atoms with E-state index in [4.69, 9.17) is 52.4 Å². The molecule has 0 unspecified atom stereocenters. The number of benzene rings is 3. The highest BCUT2D eigenvalue weighted by atomic mass is 35.5. The summed E-state index contributed by atoms with van der Waals surface area (Å²) in [5.74, 6) is -4.42. The highest BCUT2D eigenvalue weighted by Gasteiger charge is 2.31. The molecule has 0 aliphatic rings. The van der Waals surface area contributed by atoms with Crippen molar-refractivity contribution in [1.29, 1.82) is 0 Å². The molecule has 0 spiro atoms. The molecular weight excluding hydrogens is 792 g/mol. The number of urea groups is 1. The van der Waals surface area contributed by atoms with E-state index in [1.807, 2.05) is 0 Å². The van der Waals surface area contributed by atoms with Crippen molar-refractivity contribution in [1.82, 2.24) is 14.7 Å². The van der Waals surface area contributed by atoms with Gasteiger partial charge in [0.2, 0.25) is 27.7 Å². The number of hydrogen-bond acceptors (Lipinski definition) is 12. The van der Waals surface area contributed by atoms with Crippen LogP contribution in [-0.2, 0) is 31.5 Å². The average molecular weight is 820 g/mol. The zero-order chi connectivity index (χ0) is 40.4. The topological polar surface area (TPSA) is 230 Å². The monoisotopic (exact) mass is 818 g/mol. The van der Waals surface area contributed by atoms with E-state index < -0.39 is 57.6 Å². The summed E-state index contributed by atoms with van der Waals surface area (Å²) in [6, 6.07) is 12.1. The first-order valence-corrected chi connectivity index (χ1v) is 17.0. The van der Waals surface area contributed by atoms with E-state index in [9.17, 15) is 40.8 Å². The molecule has 2 amide bonds. The second-order valence-electron chi connectivity index (χ2n) is 10.3. The number of aromatic carboxylic acids is 1. The molecule has 0 saturated carbocycles. The lowest BCUT2D eigenvalue weighted by Crippen LogP contribution is -2.36. The van der Waals surface area contributed by atoms with Crippen LogP contribution in [-0.4, -0.2) is 72.9 Å². The number of alkyl halides is 3. The summed E-state index contributed by atoms with van der Waals surface area (Å²) in [5.41, 5.74) is -1.26. The number of rotatable bonds is 12. The Balaban J connectivity index is 0.000000290. The van der Waals surface area contributed by atoms with Crippen LogP contribution in [0.2, 0.25) is 10.0 Å². The Bertz CT molecular complexity index is 2140. The lowest BCUT2D eigenvalue weighted by atomic mass is 10.1. The van der Waals surface area contributed by atoms with Crippen molar-refractivity contribution in [3.05, 3.63) is 99.0 Å². The van der Waals surface area contributed by atoms with Gasteiger partial charge in [-0.2, -0.15) is 23.1 Å². The number of sulfonamides is 1. The van der Waals surface area contributed by atoms with E-state index in [0.29, 0.717) is 6.07 Å². The minimum absolute atomic E-state index is 0.0246. The molecule has 16 nitrogen and oxygen atoms in total. The number of carboxylic acid groups (broad SMARTS) is 2. The Morgan fingerprint density at radius 1 is 0.870 bits per heavy atom. The fraction of sp³-hybridized carbons (Fsp3) is 0.188. The Morgan fingerprint density at radius 2 is 1.50 bits per heavy atom. The quantitative estimate of drug-likeness (QED) is 0.115. The number of anilines is 1. The third-order valence-corrected chi connectivity index (χ3v) is 8.25. The number of esters is 1. The van der Waals surface area contributed by atoms with Crippen LogP contribution in [0.25, 0.3) is 0 Å². The number of aliphatic carboxylic acids is 1. The van der Waals surface area contributed by atoms with E-state index in [2.05, 4.69) is 15.3 Å². The first-order valence-electron chi connectivity index (χ1n) is 14.6. The van der Waals surface area contributed by atoms with Crippen LogP contribution in [0.4, 0.5) is 23.9 Å². The molecule has 4 N–H and O–H groups in total. The van der Waals surface area contributed by atoms with Crippen LogP contribution in [0.15, 0.2) is 66.7 Å². The molecule has 4 rings (SSSR count). The van der Waals surface area contributed by atoms with Gasteiger partial charge in [0.05, 0.1) is 52.8 Å². The smallest absolute Gasteiger partial charge is 0.416 e. The fourth-order valence-electron chi connectivity index (χ4n) is 3.92. The van der Waals surface area contributed by atoms with Crippen molar-refractivity contribution in [2.24, 2.45) is 0 Å². The van der Waals surface area contributed by atoms with Crippen LogP contribution >= 0.6 is 23.2 Å². The Morgan fingerprint density at radius 3 is 2.06 bits per heavy atom. The lowest BCUT2D eigenvalue weighted by molar-refractivity contribution is -0.146. The molecule has 1 atom stereocenters. The van der Waals surface area contributed by atoms with Gasteiger partial charge in [-0.25, -0.2) is 32.3 Å². The first kappa shape index (κ1) is 42.6. The fourth-order valence-corrected chi connectivity index (χ4v) is 5.40. The number of carbonyl (C=O) groups excluding carboxylic acids is 2. The number of carboxylic acids is 2. The van der Waals surface area contributed by atoms with Gasteiger partial charge in [-0.1, -0.05) is 41.4 Å². The molecule has 0 radical (unpaired) electrons. The second-order valence-corrected chi connectivity index (χ2v) is 12.9. The maximum absolute atomic E-state index is 12.7. The van der Waals surface area contributed by atoms with Crippen molar-refractivity contribution >= 4 is 63.1 Å². The number of nitrogens with zero attached hydrogens (tertiary/aromatic N) is 2. The van der Waals surface area contributed by atoms with Gasteiger partial charge in [-0.15, -0.1) is 0 Å². The Hall–Kier alpha value is -5.86. The molecule has 1 aromatic heterocycles. The van der Waals surface area contributed by atoms with Gasteiger partial charge in [-0.3, -0.25) is 5.32 Å². The van der Waals surface area contributed by atoms with Gasteiger partial charge in [0.25, 0.3) is 0 Å². The van der Waals surface area contributed by atoms with E-state index in [0.717, 1.165) is 25.1 Å². The van der Waals surface area contributed by atoms with Gasteiger partial charge in [-0.05, 0) is 55.0 Å². The van der Waals surface area contributed by atoms with Crippen molar-refractivity contribution in [2.45, 2.75) is 25.0 Å². The summed E-state index contributed by atoms with van der Waals surface area (Å²) < 4.78 is 84.1. The molecule has 0 fully saturated rings. The van der Waals surface area contributed by atoms with E-state index in [-0.39, 0.29) is 55.9 Å². The summed E-state index contributed by atoms with van der Waals surface area (Å²) in [7, 11) is -1.50. The summed E-state index contributed by atoms with van der Waals surface area (Å²) in [6.45, 7) is 1.16. The standard InChI is InChI=1S/C17H11Cl2F3O5.C15H16N4O7S/c1-8(15(23)24)26-16(25)11-7-10(3-4-12(11)18)27-14-5-2-9(6-13(14)19)17(20,21)22;1-25-11-7-12(26-2)17-14(16-11)18-15(22)19-27(23,24)8-9-5-3-4-6-10(9)13(20)21/h2-8H,1H3,(H,23,24);3-7H,8H2,1-2H3,(H,20,21)(H2,16,17,18,19,22)/t8-;/m0./s1. The summed E-state index contributed by atoms with van der Waals surface area (Å²) in [5, 5.41) is 19.7. The van der Waals surface area contributed by atoms with Crippen LogP contribution < -0.4 is 24.2 Å². The predicted octanol–water partition coefficient (Wildman–Crippen LogP) is 6.28. The average Bonchev–Trinajstić information content (AvgIpc) is 3.09. The molecule has 22 heteroatoms. The molecular formula is C32H27Cl2F3N4O12S. The number of methoxy groups -OCH3 is 2. The molecule has 288 valence electrons. The summed E-state index contributed by atoms with van der Waals surface area (Å²) in [6.07, 6.45) is -5.96. The maximum Gasteiger partial charge on any atom is 0.416 e. The number of carbonyl (C=O) groups is 4. The predicted molar refractivity (Wildman–Crippen MR) is 184 cm³/mol. The van der Waals surface area contributed by atoms with Gasteiger partial charge >= 0.3 is 30.1 Å². The van der Waals surface area contributed by atoms with Crippen LogP contribution in [0, 0.1) is 0 Å². The third-order valence-electron chi connectivity index (χ3n) is 6.44. The first-order chi connectivity index (χ1) is 25.2. The van der Waals surface area contributed by atoms with Gasteiger partial charge in [0.1, 0.15) is 11.5 Å². The molecule has 4 aromatic rings. The number of hydrogen-bond donors (Lipinski definition) is 4. The Kier molecular flexibility index (Phi) is 14.4. The maximum atomic E-state index is 12.7. The van der Waals surface area contributed by atoms with Gasteiger partial charge in [0, 0.05) is 0 Å². The number of nitrogens with one attached hydrogen (secondary N) is 2. The SMILES string of the molecule is COc1cc(OC)nc(NC(=O)NS(=O)(=O)Cc2ccccc2C(=O)O)n1.C[C@H](OC(=O)c1cc(Oc2ccc(C(F)(F)F)cc2Cl)ccc1Cl)C(=O)O. The van der Waals surface area contributed by atoms with Crippen LogP contribution in [0.1, 0.15) is 38.8 Å². The normalized spacial score (nSPS) is 11.6. The second kappa shape index (κ2) is 18.3. The summed E-state index contributed by atoms with van der Waals surface area (Å²) in [4.78, 5) is 53.6. The summed E-state index contributed by atoms with van der Waals surface area (Å²) >= 11 is 11.7.